The van der Waals surface area contributed by atoms with Crippen molar-refractivity contribution < 1.29 is 43.1 Å². The van der Waals surface area contributed by atoms with Gasteiger partial charge in [-0.3, -0.25) is 0 Å². The van der Waals surface area contributed by atoms with Gasteiger partial charge in [-0.2, -0.15) is 0 Å². The summed E-state index contributed by atoms with van der Waals surface area (Å²) in [4.78, 5) is 10.6. The van der Waals surface area contributed by atoms with Crippen molar-refractivity contribution in [1.29, 1.82) is 0 Å². The second-order valence-corrected chi connectivity index (χ2v) is 4.48. The molecule has 2 aliphatic heterocycles. The normalized spacial score (nSPS) is 24.0. The van der Waals surface area contributed by atoms with Crippen LogP contribution in [0.5, 0.6) is 0 Å². The first-order valence-electron chi connectivity index (χ1n) is 7.16. The van der Waals surface area contributed by atoms with Crippen LogP contribution in [-0.2, 0) is 33.2 Å². The van der Waals surface area contributed by atoms with Crippen LogP contribution in [0, 0.1) is 0 Å². The Kier molecular flexibility index (Phi) is 7.84. The number of hydrogen-bond donors (Lipinski definition) is 1. The molecule has 2 rings (SSSR count). The maximum absolute atomic E-state index is 10.6. The lowest BCUT2D eigenvalue weighted by Crippen LogP contribution is -2.10. The second kappa shape index (κ2) is 10.2. The highest BCUT2D eigenvalue weighted by atomic mass is 16.8. The van der Waals surface area contributed by atoms with Crippen molar-refractivity contribution in [3.63, 3.8) is 0 Å². The largest absolute Gasteiger partial charge is 0.514 e. The zero-order valence-corrected chi connectivity index (χ0v) is 12.6. The first kappa shape index (κ1) is 17.7. The van der Waals surface area contributed by atoms with E-state index in [0.29, 0.717) is 51.2 Å². The smallest absolute Gasteiger partial charge is 0.444 e. The summed E-state index contributed by atoms with van der Waals surface area (Å²) in [6.45, 7) is 1.66. The Bertz CT molecular complexity index is 432. The van der Waals surface area contributed by atoms with Gasteiger partial charge < -0.3 is 38.3 Å². The number of aliphatic hydroxyl groups excluding tert-OH is 1. The van der Waals surface area contributed by atoms with E-state index in [1.807, 2.05) is 0 Å². The molecule has 1 atom stereocenters. The van der Waals surface area contributed by atoms with Crippen LogP contribution in [0.4, 0.5) is 4.79 Å². The number of rotatable bonds is 10. The van der Waals surface area contributed by atoms with E-state index in [1.54, 1.807) is 12.2 Å². The Balaban J connectivity index is 1.35. The van der Waals surface area contributed by atoms with Crippen LogP contribution >= 0.6 is 0 Å². The molecule has 0 aromatic rings. The summed E-state index contributed by atoms with van der Waals surface area (Å²) >= 11 is 0. The Labute approximate surface area is 133 Å². The minimum atomic E-state index is -1.17. The van der Waals surface area contributed by atoms with Crippen molar-refractivity contribution in [3.8, 4) is 0 Å². The van der Waals surface area contributed by atoms with Gasteiger partial charge in [-0.1, -0.05) is 0 Å². The van der Waals surface area contributed by atoms with E-state index >= 15 is 0 Å². The predicted octanol–water partition coefficient (Wildman–Crippen LogP) is 0.293. The van der Waals surface area contributed by atoms with Gasteiger partial charge in [0.2, 0.25) is 0 Å². The van der Waals surface area contributed by atoms with E-state index in [4.69, 9.17) is 33.5 Å². The Morgan fingerprint density at radius 3 is 2.22 bits per heavy atom. The molecule has 9 nitrogen and oxygen atoms in total. The number of cyclic esters (lactones) is 2. The summed E-state index contributed by atoms with van der Waals surface area (Å²) in [7, 11) is 0. The molecule has 9 heteroatoms. The quantitative estimate of drug-likeness (QED) is 0.447. The lowest BCUT2D eigenvalue weighted by atomic mass is 10.5. The molecule has 1 unspecified atom stereocenters. The predicted molar refractivity (Wildman–Crippen MR) is 74.1 cm³/mol. The molecule has 23 heavy (non-hydrogen) atoms. The van der Waals surface area contributed by atoms with E-state index in [2.05, 4.69) is 4.74 Å². The maximum Gasteiger partial charge on any atom is 0.514 e. The lowest BCUT2D eigenvalue weighted by Gasteiger charge is -2.05. The minimum Gasteiger partial charge on any atom is -0.444 e. The summed E-state index contributed by atoms with van der Waals surface area (Å²) in [5, 5.41) is 8.94. The monoisotopic (exact) mass is 332 g/mol. The van der Waals surface area contributed by atoms with Crippen molar-refractivity contribution in [2.45, 2.75) is 6.48 Å². The Morgan fingerprint density at radius 1 is 1.00 bits per heavy atom. The average Bonchev–Trinajstić information content (AvgIpc) is 3.13. The van der Waals surface area contributed by atoms with E-state index in [0.717, 1.165) is 0 Å². The standard InChI is InChI=1S/C14H20O9/c15-13-20-9-11(22-13)1-3-17-5-7-19-8-6-18-4-2-12-10-21-14(16)23-12/h1-2,13,15H,3-10H2/b11-1?,12-2-. The third-order valence-electron chi connectivity index (χ3n) is 2.77. The molecular formula is C14H20O9. The fourth-order valence-electron chi connectivity index (χ4n) is 1.66. The van der Waals surface area contributed by atoms with Crippen LogP contribution in [0.1, 0.15) is 0 Å². The number of hydrogen-bond acceptors (Lipinski definition) is 9. The molecule has 0 spiro atoms. The maximum atomic E-state index is 10.6. The first-order chi connectivity index (χ1) is 11.2. The van der Waals surface area contributed by atoms with Crippen molar-refractivity contribution in [2.24, 2.45) is 0 Å². The Hall–Kier alpha value is -1.65. The van der Waals surface area contributed by atoms with Gasteiger partial charge in [-0.25, -0.2) is 4.79 Å². The minimum absolute atomic E-state index is 0.155. The molecule has 0 amide bonds. The molecule has 0 aliphatic carbocycles. The molecule has 1 N–H and O–H groups in total. The van der Waals surface area contributed by atoms with Crippen LogP contribution in [0.15, 0.2) is 23.7 Å². The number of ether oxygens (including phenoxy) is 7. The molecule has 0 saturated carbocycles. The van der Waals surface area contributed by atoms with E-state index in [1.165, 1.54) is 0 Å². The van der Waals surface area contributed by atoms with Crippen molar-refractivity contribution in [2.75, 3.05) is 52.9 Å². The van der Waals surface area contributed by atoms with Gasteiger partial charge in [0.25, 0.3) is 0 Å². The first-order valence-corrected chi connectivity index (χ1v) is 7.16. The molecule has 2 heterocycles. The number of carbonyl (C=O) groups is 1. The van der Waals surface area contributed by atoms with Crippen molar-refractivity contribution in [3.05, 3.63) is 23.7 Å². The van der Waals surface area contributed by atoms with Gasteiger partial charge in [0.1, 0.15) is 18.1 Å². The molecule has 2 fully saturated rings. The highest BCUT2D eigenvalue weighted by molar-refractivity contribution is 5.64. The molecular weight excluding hydrogens is 312 g/mol. The third-order valence-corrected chi connectivity index (χ3v) is 2.77. The number of carbonyl (C=O) groups excluding carboxylic acids is 1. The summed E-state index contributed by atoms with van der Waals surface area (Å²) in [6, 6.07) is 0. The van der Waals surface area contributed by atoms with Gasteiger partial charge in [-0.15, -0.1) is 0 Å². The summed E-state index contributed by atoms with van der Waals surface area (Å²) < 4.78 is 34.9. The zero-order chi connectivity index (χ0) is 16.3. The molecule has 0 radical (unpaired) electrons. The Morgan fingerprint density at radius 2 is 1.65 bits per heavy atom. The third kappa shape index (κ3) is 7.44. The average molecular weight is 332 g/mol. The fourth-order valence-corrected chi connectivity index (χ4v) is 1.66. The molecule has 2 aliphatic rings. The van der Waals surface area contributed by atoms with Crippen molar-refractivity contribution >= 4 is 6.16 Å². The van der Waals surface area contributed by atoms with Crippen molar-refractivity contribution in [1.82, 2.24) is 0 Å². The van der Waals surface area contributed by atoms with E-state index < -0.39 is 12.6 Å². The molecule has 0 aromatic heterocycles. The molecule has 0 aromatic carbocycles. The summed E-state index contributed by atoms with van der Waals surface area (Å²) in [5.74, 6) is 1.02. The van der Waals surface area contributed by atoms with E-state index in [9.17, 15) is 4.79 Å². The van der Waals surface area contributed by atoms with Gasteiger partial charge >= 0.3 is 12.6 Å². The second-order valence-electron chi connectivity index (χ2n) is 4.48. The van der Waals surface area contributed by atoms with Crippen LogP contribution in [0.25, 0.3) is 0 Å². The van der Waals surface area contributed by atoms with Gasteiger partial charge in [0.05, 0.1) is 39.6 Å². The molecule has 0 bridgehead atoms. The summed E-state index contributed by atoms with van der Waals surface area (Å²) in [6.07, 6.45) is 2.66. The molecule has 2 saturated heterocycles. The van der Waals surface area contributed by atoms with Crippen LogP contribution in [0.3, 0.4) is 0 Å². The topological polar surface area (TPSA) is 102 Å². The highest BCUT2D eigenvalue weighted by Gasteiger charge is 2.18. The lowest BCUT2D eigenvalue weighted by molar-refractivity contribution is -0.188. The van der Waals surface area contributed by atoms with Gasteiger partial charge in [0, 0.05) is 0 Å². The summed E-state index contributed by atoms with van der Waals surface area (Å²) in [5.41, 5.74) is 0. The number of aliphatic hydroxyl groups is 1. The van der Waals surface area contributed by atoms with E-state index in [-0.39, 0.29) is 13.2 Å². The van der Waals surface area contributed by atoms with Crippen LogP contribution in [-0.4, -0.2) is 70.6 Å². The zero-order valence-electron chi connectivity index (χ0n) is 12.6. The van der Waals surface area contributed by atoms with Crippen LogP contribution < -0.4 is 0 Å². The fraction of sp³-hybridized carbons (Fsp3) is 0.643. The van der Waals surface area contributed by atoms with Crippen LogP contribution in [0.2, 0.25) is 0 Å². The SMILES string of the molecule is O=C1OC/C(=C/COCCOCCOCC=C2COC(O)O2)O1. The van der Waals surface area contributed by atoms with Gasteiger partial charge in [-0.05, 0) is 12.2 Å². The molecule has 130 valence electrons. The highest BCUT2D eigenvalue weighted by Crippen LogP contribution is 2.11. The van der Waals surface area contributed by atoms with Gasteiger partial charge in [0.15, 0.2) is 6.61 Å².